The van der Waals surface area contributed by atoms with E-state index in [-0.39, 0.29) is 5.02 Å². The van der Waals surface area contributed by atoms with Crippen LogP contribution in [0.3, 0.4) is 0 Å². The maximum absolute atomic E-state index is 13.3. The molecule has 0 saturated heterocycles. The van der Waals surface area contributed by atoms with Crippen molar-refractivity contribution < 1.29 is 4.39 Å². The van der Waals surface area contributed by atoms with E-state index in [9.17, 15) is 4.39 Å². The van der Waals surface area contributed by atoms with Crippen molar-refractivity contribution in [2.24, 2.45) is 0 Å². The topological polar surface area (TPSA) is 55.6 Å². The van der Waals surface area contributed by atoms with Crippen LogP contribution < -0.4 is 5.32 Å². The zero-order valence-electron chi connectivity index (χ0n) is 12.3. The highest BCUT2D eigenvalue weighted by Gasteiger charge is 2.11. The van der Waals surface area contributed by atoms with Crippen molar-refractivity contribution in [2.45, 2.75) is 0 Å². The van der Waals surface area contributed by atoms with Crippen LogP contribution >= 0.6 is 11.6 Å². The third-order valence-electron chi connectivity index (χ3n) is 3.55. The van der Waals surface area contributed by atoms with E-state index < -0.39 is 5.82 Å². The lowest BCUT2D eigenvalue weighted by Gasteiger charge is -2.07. The molecule has 0 unspecified atom stereocenters. The first kappa shape index (κ1) is 14.6. The van der Waals surface area contributed by atoms with E-state index in [0.29, 0.717) is 17.2 Å². The van der Waals surface area contributed by atoms with Crippen LogP contribution in [0.5, 0.6) is 0 Å². The number of fused-ring (bicyclic) bond motifs is 1. The van der Waals surface area contributed by atoms with Gasteiger partial charge in [0.1, 0.15) is 18.0 Å². The molecule has 7 heteroatoms. The summed E-state index contributed by atoms with van der Waals surface area (Å²) in [7, 11) is 0. The molecular weight excluding hydrogens is 329 g/mol. The SMILES string of the molecule is Fc1ccc(Nc2ncnc3c2cnn3-c2ccccc2)cc1Cl. The summed E-state index contributed by atoms with van der Waals surface area (Å²) in [6.07, 6.45) is 3.15. The predicted octanol–water partition coefficient (Wildman–Crippen LogP) is 4.35. The molecule has 2 heterocycles. The molecule has 2 aromatic carbocycles. The zero-order chi connectivity index (χ0) is 16.5. The molecule has 0 amide bonds. The standard InChI is InChI=1S/C17H11ClFN5/c18-14-8-11(6-7-15(14)19)23-16-13-9-22-24(17(13)21-10-20-16)12-4-2-1-3-5-12/h1-10H,(H,20,21,23). The van der Waals surface area contributed by atoms with Gasteiger partial charge in [-0.1, -0.05) is 29.8 Å². The highest BCUT2D eigenvalue weighted by molar-refractivity contribution is 6.31. The largest absolute Gasteiger partial charge is 0.339 e. The number of nitrogens with one attached hydrogen (secondary N) is 1. The minimum Gasteiger partial charge on any atom is -0.339 e. The van der Waals surface area contributed by atoms with Crippen molar-refractivity contribution in [2.75, 3.05) is 5.32 Å². The summed E-state index contributed by atoms with van der Waals surface area (Å²) in [5.74, 6) is 0.108. The third-order valence-corrected chi connectivity index (χ3v) is 3.84. The summed E-state index contributed by atoms with van der Waals surface area (Å²) in [4.78, 5) is 8.56. The highest BCUT2D eigenvalue weighted by atomic mass is 35.5. The lowest BCUT2D eigenvalue weighted by atomic mass is 10.3. The van der Waals surface area contributed by atoms with Gasteiger partial charge in [0, 0.05) is 5.69 Å². The molecule has 0 atom stereocenters. The molecular formula is C17H11ClFN5. The smallest absolute Gasteiger partial charge is 0.168 e. The second-order valence-corrected chi connectivity index (χ2v) is 5.51. The average molecular weight is 340 g/mol. The Hall–Kier alpha value is -2.99. The van der Waals surface area contributed by atoms with E-state index in [0.717, 1.165) is 11.1 Å². The fourth-order valence-electron chi connectivity index (χ4n) is 2.41. The maximum atomic E-state index is 13.3. The Morgan fingerprint density at radius 2 is 1.88 bits per heavy atom. The lowest BCUT2D eigenvalue weighted by molar-refractivity contribution is 0.628. The van der Waals surface area contributed by atoms with E-state index >= 15 is 0 Å². The van der Waals surface area contributed by atoms with E-state index in [1.807, 2.05) is 30.3 Å². The van der Waals surface area contributed by atoms with E-state index in [1.165, 1.54) is 18.5 Å². The van der Waals surface area contributed by atoms with Gasteiger partial charge in [-0.3, -0.25) is 0 Å². The van der Waals surface area contributed by atoms with Crippen LogP contribution in [0.25, 0.3) is 16.7 Å². The predicted molar refractivity (Wildman–Crippen MR) is 91.4 cm³/mol. The number of para-hydroxylation sites is 1. The summed E-state index contributed by atoms with van der Waals surface area (Å²) < 4.78 is 15.0. The molecule has 2 aromatic heterocycles. The van der Waals surface area contributed by atoms with Gasteiger partial charge in [-0.2, -0.15) is 5.10 Å². The van der Waals surface area contributed by atoms with Crippen LogP contribution in [0.2, 0.25) is 5.02 Å². The van der Waals surface area contributed by atoms with Crippen LogP contribution in [-0.2, 0) is 0 Å². The fourth-order valence-corrected chi connectivity index (χ4v) is 2.59. The number of anilines is 2. The maximum Gasteiger partial charge on any atom is 0.168 e. The van der Waals surface area contributed by atoms with E-state index in [2.05, 4.69) is 20.4 Å². The average Bonchev–Trinajstić information content (AvgIpc) is 3.04. The van der Waals surface area contributed by atoms with Crippen molar-refractivity contribution in [3.63, 3.8) is 0 Å². The van der Waals surface area contributed by atoms with Crippen molar-refractivity contribution in [1.82, 2.24) is 19.7 Å². The quantitative estimate of drug-likeness (QED) is 0.603. The van der Waals surface area contributed by atoms with Crippen molar-refractivity contribution in [1.29, 1.82) is 0 Å². The van der Waals surface area contributed by atoms with Gasteiger partial charge in [0.25, 0.3) is 0 Å². The molecule has 0 saturated carbocycles. The van der Waals surface area contributed by atoms with Gasteiger partial charge in [0.2, 0.25) is 0 Å². The molecule has 0 fully saturated rings. The van der Waals surface area contributed by atoms with Crippen molar-refractivity contribution in [3.8, 4) is 5.69 Å². The van der Waals surface area contributed by atoms with Crippen LogP contribution in [0.15, 0.2) is 61.1 Å². The molecule has 0 spiro atoms. The molecule has 118 valence electrons. The number of benzene rings is 2. The second-order valence-electron chi connectivity index (χ2n) is 5.11. The monoisotopic (exact) mass is 339 g/mol. The first-order valence-corrected chi connectivity index (χ1v) is 7.56. The van der Waals surface area contributed by atoms with Crippen LogP contribution in [-0.4, -0.2) is 19.7 Å². The normalized spacial score (nSPS) is 10.9. The molecule has 0 aliphatic rings. The second kappa shape index (κ2) is 5.90. The molecule has 0 radical (unpaired) electrons. The third kappa shape index (κ3) is 2.57. The molecule has 0 aliphatic carbocycles. The Morgan fingerprint density at radius 1 is 1.04 bits per heavy atom. The molecule has 1 N–H and O–H groups in total. The summed E-state index contributed by atoms with van der Waals surface area (Å²) in [5, 5.41) is 8.31. The van der Waals surface area contributed by atoms with Gasteiger partial charge >= 0.3 is 0 Å². The fraction of sp³-hybridized carbons (Fsp3) is 0. The van der Waals surface area contributed by atoms with Crippen molar-refractivity contribution in [3.05, 3.63) is 71.9 Å². The van der Waals surface area contributed by atoms with Gasteiger partial charge in [-0.15, -0.1) is 0 Å². The van der Waals surface area contributed by atoms with Crippen molar-refractivity contribution >= 4 is 34.1 Å². The first-order chi connectivity index (χ1) is 11.7. The number of nitrogens with zero attached hydrogens (tertiary/aromatic N) is 4. The minimum absolute atomic E-state index is 0.0466. The first-order valence-electron chi connectivity index (χ1n) is 7.18. The van der Waals surface area contributed by atoms with Gasteiger partial charge < -0.3 is 5.32 Å². The highest BCUT2D eigenvalue weighted by Crippen LogP contribution is 2.26. The summed E-state index contributed by atoms with van der Waals surface area (Å²) in [5.41, 5.74) is 2.21. The summed E-state index contributed by atoms with van der Waals surface area (Å²) >= 11 is 5.82. The molecule has 0 bridgehead atoms. The van der Waals surface area contributed by atoms with Crippen LogP contribution in [0, 0.1) is 5.82 Å². The van der Waals surface area contributed by atoms with Gasteiger partial charge in [0.05, 0.1) is 22.3 Å². The zero-order valence-corrected chi connectivity index (χ0v) is 13.1. The Morgan fingerprint density at radius 3 is 2.67 bits per heavy atom. The van der Waals surface area contributed by atoms with Gasteiger partial charge in [-0.25, -0.2) is 19.0 Å². The Kier molecular flexibility index (Phi) is 3.59. The lowest BCUT2D eigenvalue weighted by Crippen LogP contribution is -1.99. The number of rotatable bonds is 3. The number of aromatic nitrogens is 4. The molecule has 5 nitrogen and oxygen atoms in total. The number of halogens is 2. The van der Waals surface area contributed by atoms with E-state index in [1.54, 1.807) is 16.9 Å². The van der Waals surface area contributed by atoms with Gasteiger partial charge in [0.15, 0.2) is 5.65 Å². The van der Waals surface area contributed by atoms with Crippen LogP contribution in [0.4, 0.5) is 15.9 Å². The Bertz CT molecular complexity index is 1020. The summed E-state index contributed by atoms with van der Waals surface area (Å²) in [6.45, 7) is 0. The Balaban J connectivity index is 1.77. The minimum atomic E-state index is -0.466. The van der Waals surface area contributed by atoms with E-state index in [4.69, 9.17) is 11.6 Å². The molecule has 4 aromatic rings. The molecule has 0 aliphatic heterocycles. The number of hydrogen-bond acceptors (Lipinski definition) is 4. The number of hydrogen-bond donors (Lipinski definition) is 1. The Labute approximate surface area is 141 Å². The molecule has 4 rings (SSSR count). The van der Waals surface area contributed by atoms with Gasteiger partial charge in [-0.05, 0) is 30.3 Å². The summed E-state index contributed by atoms with van der Waals surface area (Å²) in [6, 6.07) is 14.1. The van der Waals surface area contributed by atoms with Crippen LogP contribution in [0.1, 0.15) is 0 Å². The molecule has 24 heavy (non-hydrogen) atoms.